The number of benzene rings is 1. The van der Waals surface area contributed by atoms with Crippen LogP contribution in [0.3, 0.4) is 0 Å². The van der Waals surface area contributed by atoms with Crippen molar-refractivity contribution in [3.05, 3.63) is 29.6 Å². The van der Waals surface area contributed by atoms with E-state index in [1.54, 1.807) is 19.2 Å². The largest absolute Gasteiger partial charge is 0.497 e. The number of likely N-dealkylation sites (tertiary alicyclic amines) is 1. The molecule has 0 N–H and O–H groups in total. The Hall–Kier alpha value is -1.66. The molecule has 2 saturated heterocycles. The summed E-state index contributed by atoms with van der Waals surface area (Å²) in [6.45, 7) is 6.30. The fraction of sp³-hybridized carbons (Fsp3) is 0.682. The highest BCUT2D eigenvalue weighted by Gasteiger charge is 2.59. The summed E-state index contributed by atoms with van der Waals surface area (Å²) < 4.78 is 19.3. The molecule has 28 heavy (non-hydrogen) atoms. The number of nitrogens with zero attached hydrogens (tertiary/aromatic N) is 3. The Morgan fingerprint density at radius 1 is 1.18 bits per heavy atom. The van der Waals surface area contributed by atoms with Crippen LogP contribution in [0.1, 0.15) is 31.2 Å². The fourth-order valence-corrected chi connectivity index (χ4v) is 4.93. The molecule has 1 aromatic carbocycles. The van der Waals surface area contributed by atoms with Gasteiger partial charge in [-0.15, -0.1) is 0 Å². The third-order valence-corrected chi connectivity index (χ3v) is 7.02. The molecule has 1 aliphatic carbocycles. The van der Waals surface area contributed by atoms with Crippen molar-refractivity contribution in [3.8, 4) is 5.75 Å². The molecule has 154 valence electrons. The minimum Gasteiger partial charge on any atom is -0.497 e. The number of carbonyl (C=O) groups is 1. The van der Waals surface area contributed by atoms with Gasteiger partial charge >= 0.3 is 0 Å². The van der Waals surface area contributed by atoms with Crippen LogP contribution in [-0.4, -0.2) is 74.0 Å². The predicted octanol–water partition coefficient (Wildman–Crippen LogP) is 2.60. The van der Waals surface area contributed by atoms with E-state index in [-0.39, 0.29) is 17.2 Å². The minimum absolute atomic E-state index is 0.174. The van der Waals surface area contributed by atoms with Crippen molar-refractivity contribution >= 4 is 5.91 Å². The van der Waals surface area contributed by atoms with Crippen LogP contribution in [-0.2, 0) is 11.3 Å². The van der Waals surface area contributed by atoms with E-state index in [9.17, 15) is 9.18 Å². The smallest absolute Gasteiger partial charge is 0.226 e. The standard InChI is InChI=1S/C22H32FN3O2/c1-24-8-3-9-26(13-12-24)21(27)19-15-22(19)6-10-25(11-7-22)16-17-14-18(28-2)4-5-20(17)23/h4-5,14,19H,3,6-13,15-16H2,1-2H3. The summed E-state index contributed by atoms with van der Waals surface area (Å²) in [5.41, 5.74) is 0.894. The average molecular weight is 390 g/mol. The number of hydrogen-bond acceptors (Lipinski definition) is 4. The third-order valence-electron chi connectivity index (χ3n) is 7.02. The summed E-state index contributed by atoms with van der Waals surface area (Å²) in [4.78, 5) is 19.7. The highest BCUT2D eigenvalue weighted by molar-refractivity contribution is 5.82. The summed E-state index contributed by atoms with van der Waals surface area (Å²) in [6, 6.07) is 4.93. The molecule has 1 amide bonds. The van der Waals surface area contributed by atoms with E-state index in [0.29, 0.717) is 23.8 Å². The lowest BCUT2D eigenvalue weighted by Crippen LogP contribution is -2.39. The van der Waals surface area contributed by atoms with E-state index in [0.717, 1.165) is 65.0 Å². The number of carbonyl (C=O) groups excluding carboxylic acids is 1. The van der Waals surface area contributed by atoms with Crippen molar-refractivity contribution in [1.82, 2.24) is 14.7 Å². The van der Waals surface area contributed by atoms with Gasteiger partial charge in [-0.05, 0) is 76.0 Å². The molecular weight excluding hydrogens is 357 g/mol. The number of rotatable bonds is 4. The zero-order chi connectivity index (χ0) is 19.7. The second kappa shape index (κ2) is 7.99. The van der Waals surface area contributed by atoms with Crippen molar-refractivity contribution in [2.75, 3.05) is 53.4 Å². The lowest BCUT2D eigenvalue weighted by atomic mass is 9.90. The average Bonchev–Trinajstić information content (AvgIpc) is 3.44. The Morgan fingerprint density at radius 2 is 1.96 bits per heavy atom. The van der Waals surface area contributed by atoms with Gasteiger partial charge in [-0.1, -0.05) is 0 Å². The molecule has 2 aliphatic heterocycles. The summed E-state index contributed by atoms with van der Waals surface area (Å²) in [5.74, 6) is 1.11. The lowest BCUT2D eigenvalue weighted by molar-refractivity contribution is -0.133. The summed E-state index contributed by atoms with van der Waals surface area (Å²) >= 11 is 0. The first-order chi connectivity index (χ1) is 13.5. The molecule has 1 aromatic rings. The Bertz CT molecular complexity index is 718. The number of hydrogen-bond donors (Lipinski definition) is 0. The first kappa shape index (κ1) is 19.6. The zero-order valence-electron chi connectivity index (χ0n) is 17.1. The second-order valence-corrected chi connectivity index (χ2v) is 8.83. The lowest BCUT2D eigenvalue weighted by Gasteiger charge is -2.33. The van der Waals surface area contributed by atoms with E-state index in [4.69, 9.17) is 4.74 Å². The predicted molar refractivity (Wildman–Crippen MR) is 107 cm³/mol. The van der Waals surface area contributed by atoms with Crippen LogP contribution < -0.4 is 4.74 Å². The molecule has 1 atom stereocenters. The van der Waals surface area contributed by atoms with Crippen molar-refractivity contribution in [2.24, 2.45) is 11.3 Å². The first-order valence-corrected chi connectivity index (χ1v) is 10.5. The summed E-state index contributed by atoms with van der Waals surface area (Å²) in [5, 5.41) is 0. The molecule has 2 heterocycles. The molecule has 0 bridgehead atoms. The van der Waals surface area contributed by atoms with Gasteiger partial charge in [0.05, 0.1) is 7.11 Å². The maximum Gasteiger partial charge on any atom is 0.226 e. The monoisotopic (exact) mass is 389 g/mol. The Balaban J connectivity index is 1.31. The molecule has 3 fully saturated rings. The van der Waals surface area contributed by atoms with Gasteiger partial charge in [-0.2, -0.15) is 0 Å². The Labute approximate surface area is 167 Å². The number of methoxy groups -OCH3 is 1. The molecular formula is C22H32FN3O2. The quantitative estimate of drug-likeness (QED) is 0.793. The third kappa shape index (κ3) is 4.03. The van der Waals surface area contributed by atoms with Crippen LogP contribution in [0.15, 0.2) is 18.2 Å². The first-order valence-electron chi connectivity index (χ1n) is 10.5. The van der Waals surface area contributed by atoms with Crippen LogP contribution >= 0.6 is 0 Å². The molecule has 0 aromatic heterocycles. The zero-order valence-corrected chi connectivity index (χ0v) is 17.1. The van der Waals surface area contributed by atoms with Gasteiger partial charge in [-0.25, -0.2) is 4.39 Å². The van der Waals surface area contributed by atoms with Crippen molar-refractivity contribution in [1.29, 1.82) is 0 Å². The molecule has 4 rings (SSSR count). The van der Waals surface area contributed by atoms with Gasteiger partial charge in [0.1, 0.15) is 11.6 Å². The second-order valence-electron chi connectivity index (χ2n) is 8.83. The van der Waals surface area contributed by atoms with E-state index >= 15 is 0 Å². The van der Waals surface area contributed by atoms with Gasteiger partial charge < -0.3 is 14.5 Å². The van der Waals surface area contributed by atoms with Gasteiger partial charge in [0.15, 0.2) is 0 Å². The fourth-order valence-electron chi connectivity index (χ4n) is 4.93. The normalized spacial score (nSPS) is 25.5. The van der Waals surface area contributed by atoms with Crippen LogP contribution in [0.25, 0.3) is 0 Å². The van der Waals surface area contributed by atoms with Crippen molar-refractivity contribution in [2.45, 2.75) is 32.2 Å². The highest BCUT2D eigenvalue weighted by Crippen LogP contribution is 2.60. The summed E-state index contributed by atoms with van der Waals surface area (Å²) in [6.07, 6.45) is 4.20. The van der Waals surface area contributed by atoms with Gasteiger partial charge in [0.2, 0.25) is 5.91 Å². The van der Waals surface area contributed by atoms with Gasteiger partial charge in [0, 0.05) is 37.7 Å². The number of likely N-dealkylation sites (N-methyl/N-ethyl adjacent to an activating group) is 1. The van der Waals surface area contributed by atoms with E-state index in [1.165, 1.54) is 6.07 Å². The van der Waals surface area contributed by atoms with Crippen LogP contribution in [0, 0.1) is 17.2 Å². The van der Waals surface area contributed by atoms with Crippen molar-refractivity contribution in [3.63, 3.8) is 0 Å². The van der Waals surface area contributed by atoms with Crippen LogP contribution in [0.2, 0.25) is 0 Å². The minimum atomic E-state index is -0.174. The van der Waals surface area contributed by atoms with Crippen LogP contribution in [0.5, 0.6) is 5.75 Å². The molecule has 1 spiro atoms. The number of ether oxygens (including phenoxy) is 1. The SMILES string of the molecule is COc1ccc(F)c(CN2CCC3(CC2)CC3C(=O)N2CCCN(C)CC2)c1. The maximum absolute atomic E-state index is 14.1. The Kier molecular flexibility index (Phi) is 5.61. The number of piperidine rings is 1. The summed E-state index contributed by atoms with van der Waals surface area (Å²) in [7, 11) is 3.74. The molecule has 1 saturated carbocycles. The maximum atomic E-state index is 14.1. The van der Waals surface area contributed by atoms with E-state index in [2.05, 4.69) is 21.7 Å². The van der Waals surface area contributed by atoms with E-state index in [1.807, 2.05) is 0 Å². The molecule has 0 radical (unpaired) electrons. The van der Waals surface area contributed by atoms with Crippen LogP contribution in [0.4, 0.5) is 4.39 Å². The van der Waals surface area contributed by atoms with Crippen molar-refractivity contribution < 1.29 is 13.9 Å². The number of halogens is 1. The molecule has 6 heteroatoms. The number of amides is 1. The molecule has 3 aliphatic rings. The van der Waals surface area contributed by atoms with E-state index < -0.39 is 0 Å². The highest BCUT2D eigenvalue weighted by atomic mass is 19.1. The topological polar surface area (TPSA) is 36.0 Å². The van der Waals surface area contributed by atoms with Gasteiger partial charge in [0.25, 0.3) is 0 Å². The molecule has 1 unspecified atom stereocenters. The van der Waals surface area contributed by atoms with Gasteiger partial charge in [-0.3, -0.25) is 9.69 Å². The molecule has 5 nitrogen and oxygen atoms in total. The Morgan fingerprint density at radius 3 is 2.71 bits per heavy atom.